The smallest absolute Gasteiger partial charge is 0.321 e. The molecule has 2 N–H and O–H groups in total. The van der Waals surface area contributed by atoms with E-state index in [4.69, 9.17) is 0 Å². The summed E-state index contributed by atoms with van der Waals surface area (Å²) in [5.41, 5.74) is 3.15. The monoisotopic (exact) mass is 375 g/mol. The molecule has 0 bridgehead atoms. The molecule has 1 aromatic heterocycles. The van der Waals surface area contributed by atoms with Crippen molar-refractivity contribution in [2.24, 2.45) is 0 Å². The van der Waals surface area contributed by atoms with E-state index in [0.717, 1.165) is 47.8 Å². The molecule has 0 aliphatic heterocycles. The van der Waals surface area contributed by atoms with Crippen molar-refractivity contribution in [3.05, 3.63) is 76.1 Å². The topological polar surface area (TPSA) is 65.2 Å². The van der Waals surface area contributed by atoms with Gasteiger partial charge in [-0.3, -0.25) is 4.79 Å². The highest BCUT2D eigenvalue weighted by molar-refractivity contribution is 5.89. The van der Waals surface area contributed by atoms with Crippen molar-refractivity contribution < 1.29 is 4.79 Å². The Hall–Kier alpha value is -3.08. The van der Waals surface area contributed by atoms with E-state index in [0.29, 0.717) is 12.1 Å². The molecular weight excluding hydrogens is 350 g/mol. The minimum absolute atomic E-state index is 0.127. The quantitative estimate of drug-likeness (QED) is 0.687. The second-order valence-electron chi connectivity index (χ2n) is 7.53. The van der Waals surface area contributed by atoms with Crippen LogP contribution >= 0.6 is 0 Å². The Labute approximate surface area is 164 Å². The number of H-pyrrole nitrogens is 1. The van der Waals surface area contributed by atoms with E-state index in [1.165, 1.54) is 0 Å². The average molecular weight is 375 g/mol. The molecule has 2 amide bonds. The Bertz CT molecular complexity index is 1040. The van der Waals surface area contributed by atoms with Crippen LogP contribution in [0, 0.1) is 6.92 Å². The third-order valence-corrected chi connectivity index (χ3v) is 5.56. The molecular formula is C23H25N3O2. The highest BCUT2D eigenvalue weighted by atomic mass is 16.2. The van der Waals surface area contributed by atoms with Gasteiger partial charge in [0.15, 0.2) is 0 Å². The normalized spacial score (nSPS) is 14.3. The van der Waals surface area contributed by atoms with Gasteiger partial charge in [-0.15, -0.1) is 0 Å². The first-order valence-corrected chi connectivity index (χ1v) is 9.86. The van der Waals surface area contributed by atoms with E-state index in [-0.39, 0.29) is 17.6 Å². The Morgan fingerprint density at radius 2 is 1.86 bits per heavy atom. The lowest BCUT2D eigenvalue weighted by Gasteiger charge is -2.29. The fourth-order valence-electron chi connectivity index (χ4n) is 4.03. The Morgan fingerprint density at radius 1 is 1.11 bits per heavy atom. The van der Waals surface area contributed by atoms with Gasteiger partial charge in [0.1, 0.15) is 0 Å². The van der Waals surface area contributed by atoms with Crippen molar-refractivity contribution in [1.82, 2.24) is 9.88 Å². The maximum atomic E-state index is 13.0. The highest BCUT2D eigenvalue weighted by Gasteiger charge is 2.27. The Morgan fingerprint density at radius 3 is 2.61 bits per heavy atom. The number of nitrogens with zero attached hydrogens (tertiary/aromatic N) is 1. The first kappa shape index (κ1) is 18.3. The molecule has 28 heavy (non-hydrogen) atoms. The number of hydrogen-bond acceptors (Lipinski definition) is 2. The van der Waals surface area contributed by atoms with Gasteiger partial charge in [0, 0.05) is 17.3 Å². The lowest BCUT2D eigenvalue weighted by atomic mass is 10.1. The number of anilines is 1. The summed E-state index contributed by atoms with van der Waals surface area (Å²) in [6.07, 6.45) is 4.19. The van der Waals surface area contributed by atoms with Crippen molar-refractivity contribution in [2.75, 3.05) is 5.32 Å². The molecule has 1 aliphatic rings. The van der Waals surface area contributed by atoms with Gasteiger partial charge in [0.25, 0.3) is 5.56 Å². The van der Waals surface area contributed by atoms with Gasteiger partial charge in [-0.1, -0.05) is 49.2 Å². The SMILES string of the molecule is Cc1cccc2cc(CN(C(=O)Nc3ccccc3)C3CCCC3)c(=O)[nH]c12. The van der Waals surface area contributed by atoms with Crippen LogP contribution in [0.25, 0.3) is 10.9 Å². The molecule has 0 unspecified atom stereocenters. The first-order valence-electron chi connectivity index (χ1n) is 9.86. The van der Waals surface area contributed by atoms with Crippen molar-refractivity contribution in [1.29, 1.82) is 0 Å². The molecule has 0 spiro atoms. The summed E-state index contributed by atoms with van der Waals surface area (Å²) in [7, 11) is 0. The second kappa shape index (κ2) is 7.89. The van der Waals surface area contributed by atoms with Crippen LogP contribution in [0.5, 0.6) is 0 Å². The van der Waals surface area contributed by atoms with Gasteiger partial charge in [-0.25, -0.2) is 4.79 Å². The first-order chi connectivity index (χ1) is 13.6. The second-order valence-corrected chi connectivity index (χ2v) is 7.53. The fourth-order valence-corrected chi connectivity index (χ4v) is 4.03. The fraction of sp³-hybridized carbons (Fsp3) is 0.304. The molecule has 1 aliphatic carbocycles. The number of carbonyl (C=O) groups is 1. The number of rotatable bonds is 4. The molecule has 1 fully saturated rings. The molecule has 0 atom stereocenters. The lowest BCUT2D eigenvalue weighted by molar-refractivity contribution is 0.184. The number of para-hydroxylation sites is 2. The van der Waals surface area contributed by atoms with Gasteiger partial charge in [-0.05, 0) is 48.9 Å². The molecule has 0 saturated heterocycles. The van der Waals surface area contributed by atoms with Crippen LogP contribution in [0.4, 0.5) is 10.5 Å². The highest BCUT2D eigenvalue weighted by Crippen LogP contribution is 2.26. The van der Waals surface area contributed by atoms with Crippen LogP contribution in [0.3, 0.4) is 0 Å². The van der Waals surface area contributed by atoms with E-state index in [1.807, 2.05) is 66.4 Å². The third kappa shape index (κ3) is 3.79. The van der Waals surface area contributed by atoms with E-state index < -0.39 is 0 Å². The molecule has 3 aromatic rings. The minimum Gasteiger partial charge on any atom is -0.321 e. The van der Waals surface area contributed by atoms with Crippen molar-refractivity contribution >= 4 is 22.6 Å². The van der Waals surface area contributed by atoms with Crippen molar-refractivity contribution in [3.8, 4) is 0 Å². The summed E-state index contributed by atoms with van der Waals surface area (Å²) in [6.45, 7) is 2.29. The van der Waals surface area contributed by atoms with Crippen LogP contribution in [0.1, 0.15) is 36.8 Å². The lowest BCUT2D eigenvalue weighted by Crippen LogP contribution is -2.42. The summed E-state index contributed by atoms with van der Waals surface area (Å²) in [5, 5.41) is 3.97. The number of urea groups is 1. The largest absolute Gasteiger partial charge is 0.322 e. The summed E-state index contributed by atoms with van der Waals surface area (Å²) < 4.78 is 0. The standard InChI is InChI=1S/C23H25N3O2/c1-16-8-7-9-17-14-18(22(27)25-21(16)17)15-26(20-12-5-6-13-20)23(28)24-19-10-3-2-4-11-19/h2-4,7-11,14,20H,5-6,12-13,15H2,1H3,(H,24,28)(H,25,27). The van der Waals surface area contributed by atoms with Gasteiger partial charge >= 0.3 is 6.03 Å². The van der Waals surface area contributed by atoms with Crippen LogP contribution in [-0.4, -0.2) is 22.0 Å². The summed E-state index contributed by atoms with van der Waals surface area (Å²) in [6, 6.07) is 17.3. The minimum atomic E-state index is -0.151. The van der Waals surface area contributed by atoms with E-state index in [1.54, 1.807) is 0 Å². The van der Waals surface area contributed by atoms with Gasteiger partial charge < -0.3 is 15.2 Å². The van der Waals surface area contributed by atoms with E-state index in [9.17, 15) is 9.59 Å². The van der Waals surface area contributed by atoms with Crippen molar-refractivity contribution in [2.45, 2.75) is 45.2 Å². The molecule has 2 aromatic carbocycles. The van der Waals surface area contributed by atoms with Crippen LogP contribution in [0.15, 0.2) is 59.4 Å². The number of amides is 2. The molecule has 5 heteroatoms. The Kier molecular flexibility index (Phi) is 5.15. The zero-order valence-electron chi connectivity index (χ0n) is 16.1. The zero-order valence-corrected chi connectivity index (χ0v) is 16.1. The predicted molar refractivity (Wildman–Crippen MR) is 113 cm³/mol. The van der Waals surface area contributed by atoms with Gasteiger partial charge in [-0.2, -0.15) is 0 Å². The number of aryl methyl sites for hydroxylation is 1. The molecule has 1 heterocycles. The predicted octanol–water partition coefficient (Wildman–Crippen LogP) is 4.81. The number of pyridine rings is 1. The number of hydrogen-bond donors (Lipinski definition) is 2. The van der Waals surface area contributed by atoms with Crippen LogP contribution in [-0.2, 0) is 6.54 Å². The number of aromatic nitrogens is 1. The maximum absolute atomic E-state index is 13.0. The average Bonchev–Trinajstić information content (AvgIpc) is 3.22. The van der Waals surface area contributed by atoms with Crippen LogP contribution < -0.4 is 10.9 Å². The summed E-state index contributed by atoms with van der Waals surface area (Å²) >= 11 is 0. The van der Waals surface area contributed by atoms with Gasteiger partial charge in [0.05, 0.1) is 12.1 Å². The van der Waals surface area contributed by atoms with Crippen LogP contribution in [0.2, 0.25) is 0 Å². The number of fused-ring (bicyclic) bond motifs is 1. The summed E-state index contributed by atoms with van der Waals surface area (Å²) in [5.74, 6) is 0. The van der Waals surface area contributed by atoms with E-state index >= 15 is 0 Å². The molecule has 5 nitrogen and oxygen atoms in total. The Balaban J connectivity index is 1.64. The third-order valence-electron chi connectivity index (χ3n) is 5.56. The summed E-state index contributed by atoms with van der Waals surface area (Å²) in [4.78, 5) is 30.6. The van der Waals surface area contributed by atoms with Crippen molar-refractivity contribution in [3.63, 3.8) is 0 Å². The number of carbonyl (C=O) groups excluding carboxylic acids is 1. The number of aromatic amines is 1. The molecule has 144 valence electrons. The molecule has 4 rings (SSSR count). The number of nitrogens with one attached hydrogen (secondary N) is 2. The molecule has 1 saturated carbocycles. The van der Waals surface area contributed by atoms with Gasteiger partial charge in [0.2, 0.25) is 0 Å². The molecule has 0 radical (unpaired) electrons. The number of benzene rings is 2. The van der Waals surface area contributed by atoms with E-state index in [2.05, 4.69) is 10.3 Å². The maximum Gasteiger partial charge on any atom is 0.322 e. The zero-order chi connectivity index (χ0) is 19.5.